The van der Waals surface area contributed by atoms with Gasteiger partial charge in [-0.3, -0.25) is 4.90 Å². The van der Waals surface area contributed by atoms with Crippen LogP contribution in [0.3, 0.4) is 0 Å². The van der Waals surface area contributed by atoms with Gasteiger partial charge in [-0.15, -0.1) is 11.3 Å². The first-order valence-corrected chi connectivity index (χ1v) is 8.72. The zero-order valence-electron chi connectivity index (χ0n) is 12.1. The maximum Gasteiger partial charge on any atom is 0.162 e. The highest BCUT2D eigenvalue weighted by Crippen LogP contribution is 2.30. The molecule has 1 atom stereocenters. The Morgan fingerprint density at radius 2 is 2.33 bits per heavy atom. The zero-order chi connectivity index (χ0) is 14.1. The fourth-order valence-electron chi connectivity index (χ4n) is 3.08. The lowest BCUT2D eigenvalue weighted by Crippen LogP contribution is -2.38. The van der Waals surface area contributed by atoms with Crippen molar-refractivity contribution in [3.63, 3.8) is 0 Å². The lowest BCUT2D eigenvalue weighted by molar-refractivity contribution is 0.229. The summed E-state index contributed by atoms with van der Waals surface area (Å²) in [6, 6.07) is 5.34. The maximum absolute atomic E-state index is 5.43. The van der Waals surface area contributed by atoms with E-state index < -0.39 is 0 Å². The molecular weight excluding hydrogens is 282 g/mol. The number of hydrogen-bond acceptors (Lipinski definition) is 5. The molecule has 3 heterocycles. The van der Waals surface area contributed by atoms with Crippen molar-refractivity contribution in [2.75, 3.05) is 13.1 Å². The summed E-state index contributed by atoms with van der Waals surface area (Å²) < 4.78 is 5.43. The van der Waals surface area contributed by atoms with Crippen molar-refractivity contribution in [2.45, 2.75) is 44.3 Å². The molecule has 0 aromatic carbocycles. The summed E-state index contributed by atoms with van der Waals surface area (Å²) in [5.74, 6) is 0.877. The summed E-state index contributed by atoms with van der Waals surface area (Å²) in [6.07, 6.45) is 7.04. The molecule has 0 bridgehead atoms. The quantitative estimate of drug-likeness (QED) is 0.890. The van der Waals surface area contributed by atoms with Gasteiger partial charge in [0.15, 0.2) is 10.8 Å². The molecule has 1 saturated heterocycles. The van der Waals surface area contributed by atoms with Gasteiger partial charge in [-0.2, -0.15) is 0 Å². The first-order valence-electron chi connectivity index (χ1n) is 7.84. The second-order valence-corrected chi connectivity index (χ2v) is 6.93. The highest BCUT2D eigenvalue weighted by atomic mass is 32.1. The largest absolute Gasteiger partial charge is 0.462 e. The van der Waals surface area contributed by atoms with Crippen LogP contribution in [0.4, 0.5) is 0 Å². The summed E-state index contributed by atoms with van der Waals surface area (Å²) in [4.78, 5) is 7.35. The van der Waals surface area contributed by atoms with Crippen molar-refractivity contribution in [3.05, 3.63) is 29.5 Å². The highest BCUT2D eigenvalue weighted by Gasteiger charge is 2.31. The Balaban J connectivity index is 1.43. The average Bonchev–Trinajstić information content (AvgIpc) is 2.93. The number of aromatic nitrogens is 1. The van der Waals surface area contributed by atoms with E-state index in [2.05, 4.69) is 15.6 Å². The van der Waals surface area contributed by atoms with Crippen molar-refractivity contribution in [3.8, 4) is 10.8 Å². The number of nitrogens with one attached hydrogen (secondary N) is 1. The van der Waals surface area contributed by atoms with Crippen LogP contribution >= 0.6 is 11.3 Å². The maximum atomic E-state index is 5.43. The Morgan fingerprint density at radius 1 is 1.38 bits per heavy atom. The molecule has 1 N–H and O–H groups in total. The molecule has 0 radical (unpaired) electrons. The van der Waals surface area contributed by atoms with E-state index in [-0.39, 0.29) is 0 Å². The number of hydrogen-bond donors (Lipinski definition) is 1. The molecule has 4 nitrogen and oxygen atoms in total. The molecule has 0 spiro atoms. The predicted octanol–water partition coefficient (Wildman–Crippen LogP) is 3.12. The highest BCUT2D eigenvalue weighted by molar-refractivity contribution is 7.13. The summed E-state index contributed by atoms with van der Waals surface area (Å²) >= 11 is 1.68. The second-order valence-electron chi connectivity index (χ2n) is 6.08. The van der Waals surface area contributed by atoms with E-state index >= 15 is 0 Å². The van der Waals surface area contributed by atoms with E-state index in [0.717, 1.165) is 29.9 Å². The Morgan fingerprint density at radius 3 is 3.05 bits per heavy atom. The molecule has 21 heavy (non-hydrogen) atoms. The average molecular weight is 303 g/mol. The van der Waals surface area contributed by atoms with Crippen LogP contribution in [0.25, 0.3) is 10.8 Å². The monoisotopic (exact) mass is 303 g/mol. The molecule has 2 aromatic heterocycles. The fourth-order valence-corrected chi connectivity index (χ4v) is 3.86. The molecular formula is C16H21N3OS. The van der Waals surface area contributed by atoms with Gasteiger partial charge < -0.3 is 9.73 Å². The molecule has 1 aliphatic heterocycles. The van der Waals surface area contributed by atoms with E-state index in [1.807, 2.05) is 12.1 Å². The number of thiazole rings is 1. The third-order valence-corrected chi connectivity index (χ3v) is 5.23. The van der Waals surface area contributed by atoms with Crippen molar-refractivity contribution >= 4 is 11.3 Å². The minimum Gasteiger partial charge on any atom is -0.462 e. The van der Waals surface area contributed by atoms with Crippen LogP contribution in [0.1, 0.15) is 31.4 Å². The van der Waals surface area contributed by atoms with Gasteiger partial charge in [0.05, 0.1) is 12.0 Å². The zero-order valence-corrected chi connectivity index (χ0v) is 12.9. The van der Waals surface area contributed by atoms with Gasteiger partial charge >= 0.3 is 0 Å². The van der Waals surface area contributed by atoms with Crippen LogP contribution in [0.5, 0.6) is 0 Å². The fraction of sp³-hybridized carbons (Fsp3) is 0.562. The van der Waals surface area contributed by atoms with Crippen molar-refractivity contribution in [1.29, 1.82) is 0 Å². The van der Waals surface area contributed by atoms with Crippen LogP contribution in [0.15, 0.2) is 28.2 Å². The molecule has 2 aliphatic rings. The Kier molecular flexibility index (Phi) is 3.80. The van der Waals surface area contributed by atoms with Gasteiger partial charge in [0.25, 0.3) is 0 Å². The summed E-state index contributed by atoms with van der Waals surface area (Å²) in [6.45, 7) is 3.32. The first kappa shape index (κ1) is 13.5. The molecule has 2 aromatic rings. The topological polar surface area (TPSA) is 41.3 Å². The van der Waals surface area contributed by atoms with Gasteiger partial charge in [-0.05, 0) is 44.4 Å². The summed E-state index contributed by atoms with van der Waals surface area (Å²) in [5, 5.41) is 6.78. The number of rotatable bonds is 6. The third kappa shape index (κ3) is 3.20. The van der Waals surface area contributed by atoms with Crippen LogP contribution in [-0.4, -0.2) is 35.1 Å². The van der Waals surface area contributed by atoms with Crippen molar-refractivity contribution in [2.24, 2.45) is 0 Å². The molecule has 1 unspecified atom stereocenters. The van der Waals surface area contributed by atoms with Crippen molar-refractivity contribution < 1.29 is 4.42 Å². The molecule has 1 saturated carbocycles. The minimum atomic E-state index is 0.675. The summed E-state index contributed by atoms with van der Waals surface area (Å²) in [7, 11) is 0. The molecule has 0 amide bonds. The third-order valence-electron chi connectivity index (χ3n) is 4.33. The molecule has 5 heteroatoms. The van der Waals surface area contributed by atoms with Gasteiger partial charge in [0.2, 0.25) is 0 Å². The Bertz CT molecular complexity index is 570. The lowest BCUT2D eigenvalue weighted by Gasteiger charge is -2.24. The van der Waals surface area contributed by atoms with Crippen LogP contribution < -0.4 is 5.32 Å². The number of nitrogens with zero attached hydrogens (tertiary/aromatic N) is 2. The van der Waals surface area contributed by atoms with Crippen LogP contribution in [-0.2, 0) is 6.54 Å². The van der Waals surface area contributed by atoms with Crippen LogP contribution in [0, 0.1) is 0 Å². The Hall–Kier alpha value is -1.17. The van der Waals surface area contributed by atoms with Crippen molar-refractivity contribution in [1.82, 2.24) is 15.2 Å². The standard InChI is InChI=1S/C16H21N3OS/c1-3-12(17-7-1)9-19(14-5-6-14)10-13-11-21-16(18-13)15-4-2-8-20-15/h2,4,8,11-12,14,17H,1,3,5-7,9-10H2. The Labute approximate surface area is 129 Å². The minimum absolute atomic E-state index is 0.675. The number of furan rings is 1. The predicted molar refractivity (Wildman–Crippen MR) is 84.3 cm³/mol. The van der Waals surface area contributed by atoms with Gasteiger partial charge in [0, 0.05) is 30.6 Å². The molecule has 4 rings (SSSR count). The van der Waals surface area contributed by atoms with E-state index in [1.165, 1.54) is 37.9 Å². The summed E-state index contributed by atoms with van der Waals surface area (Å²) in [5.41, 5.74) is 1.18. The van der Waals surface area contributed by atoms with E-state index in [0.29, 0.717) is 6.04 Å². The SMILES string of the molecule is c1coc(-c2nc(CN(CC3CCCN3)C3CC3)cs2)c1. The first-order chi connectivity index (χ1) is 10.4. The molecule has 2 fully saturated rings. The van der Waals surface area contributed by atoms with Gasteiger partial charge in [-0.25, -0.2) is 4.98 Å². The van der Waals surface area contributed by atoms with E-state index in [4.69, 9.17) is 9.40 Å². The van der Waals surface area contributed by atoms with E-state index in [9.17, 15) is 0 Å². The normalized spacial score (nSPS) is 22.2. The van der Waals surface area contributed by atoms with Crippen LogP contribution in [0.2, 0.25) is 0 Å². The molecule has 112 valence electrons. The lowest BCUT2D eigenvalue weighted by atomic mass is 10.2. The van der Waals surface area contributed by atoms with Gasteiger partial charge in [0.1, 0.15) is 0 Å². The van der Waals surface area contributed by atoms with E-state index in [1.54, 1.807) is 17.6 Å². The molecule has 1 aliphatic carbocycles. The smallest absolute Gasteiger partial charge is 0.162 e. The second kappa shape index (κ2) is 5.91. The van der Waals surface area contributed by atoms with Gasteiger partial charge in [-0.1, -0.05) is 0 Å².